The van der Waals surface area contributed by atoms with Crippen LogP contribution in [-0.2, 0) is 11.2 Å². The normalized spacial score (nSPS) is 9.89. The summed E-state index contributed by atoms with van der Waals surface area (Å²) in [7, 11) is 0. The van der Waals surface area contributed by atoms with E-state index in [1.165, 1.54) is 47.7 Å². The van der Waals surface area contributed by atoms with E-state index in [9.17, 15) is 18.0 Å². The molecular formula is C49H47F3N8OS. The highest BCUT2D eigenvalue weighted by Gasteiger charge is 2.07. The quantitative estimate of drug-likeness (QED) is 0.0473. The lowest BCUT2D eigenvalue weighted by Crippen LogP contribution is -2.04. The number of nitrogen functional groups attached to an aromatic ring is 2. The highest BCUT2D eigenvalue weighted by Crippen LogP contribution is 2.29. The van der Waals surface area contributed by atoms with Gasteiger partial charge in [0.1, 0.15) is 28.7 Å². The molecule has 7 rings (SSSR count). The Bertz CT molecular complexity index is 2480. The second kappa shape index (κ2) is 26.6. The van der Waals surface area contributed by atoms with E-state index >= 15 is 0 Å². The van der Waals surface area contributed by atoms with E-state index in [0.29, 0.717) is 30.1 Å². The molecule has 6 N–H and O–H groups in total. The summed E-state index contributed by atoms with van der Waals surface area (Å²) in [5.41, 5.74) is 20.1. The fraction of sp³-hybridized carbons (Fsp3) is 0.163. The summed E-state index contributed by atoms with van der Waals surface area (Å²) < 4.78 is 38.7. The standard InChI is InChI=1S/C17H17FN4S.C16H15FN2.C12H10FN.C4H5NO/c18-13-9-7-12(8-10-13)14-4-1-2-5-15(14)20-11-3-6-16-21-22-17(19)23-16;17-14-9-7-13(8-10-14)15-5-1-2-6-16(15)19-12-4-3-11-18;13-10-7-5-9(6-8-10)11-3-1-2-4-12(11)14;5-3-1-2-4-6/h1-2,4-5,7-10,20H,3,6,11H2,(H2,19,22);1-2,5-10,19H,3-4,12H2;1-8H,14H2;4H,1-2H2. The number of hydrogen-bond acceptors (Lipinski definition) is 10. The molecule has 0 saturated heterocycles. The maximum absolute atomic E-state index is 13.1. The number of aromatic nitrogens is 2. The fourth-order valence-electron chi connectivity index (χ4n) is 5.77. The summed E-state index contributed by atoms with van der Waals surface area (Å²) >= 11 is 1.43. The number of hydrogen-bond donors (Lipinski definition) is 4. The highest BCUT2D eigenvalue weighted by molar-refractivity contribution is 7.15. The van der Waals surface area contributed by atoms with Crippen molar-refractivity contribution in [2.24, 2.45) is 0 Å². The molecule has 0 amide bonds. The minimum absolute atomic E-state index is 0.226. The molecule has 0 saturated carbocycles. The number of anilines is 4. The topological polar surface area (TPSA) is 167 Å². The van der Waals surface area contributed by atoms with Gasteiger partial charge in [0.15, 0.2) is 0 Å². The van der Waals surface area contributed by atoms with Crippen molar-refractivity contribution in [1.29, 1.82) is 10.5 Å². The molecule has 0 unspecified atom stereocenters. The van der Waals surface area contributed by atoms with Gasteiger partial charge in [-0.05, 0) is 84.1 Å². The zero-order valence-electron chi connectivity index (χ0n) is 34.0. The molecule has 0 radical (unpaired) electrons. The molecule has 0 spiro atoms. The van der Waals surface area contributed by atoms with Crippen molar-refractivity contribution in [3.63, 3.8) is 0 Å². The molecule has 9 nitrogen and oxygen atoms in total. The van der Waals surface area contributed by atoms with Gasteiger partial charge in [-0.3, -0.25) is 0 Å². The third-order valence-electron chi connectivity index (χ3n) is 8.80. The lowest BCUT2D eigenvalue weighted by molar-refractivity contribution is -0.107. The van der Waals surface area contributed by atoms with E-state index < -0.39 is 0 Å². The zero-order chi connectivity index (χ0) is 44.4. The second-order valence-corrected chi connectivity index (χ2v) is 14.4. The largest absolute Gasteiger partial charge is 0.398 e. The Morgan fingerprint density at radius 2 is 1.00 bits per heavy atom. The van der Waals surface area contributed by atoms with E-state index in [2.05, 4.69) is 26.9 Å². The van der Waals surface area contributed by atoms with Crippen molar-refractivity contribution in [3.8, 4) is 45.5 Å². The van der Waals surface area contributed by atoms with Crippen LogP contribution in [0.4, 0.5) is 35.4 Å². The number of aryl methyl sites for hydroxylation is 1. The number of nitriles is 2. The number of para-hydroxylation sites is 3. The summed E-state index contributed by atoms with van der Waals surface area (Å²) in [4.78, 5) is 9.41. The Morgan fingerprint density at radius 3 is 1.42 bits per heavy atom. The molecule has 0 aliphatic carbocycles. The van der Waals surface area contributed by atoms with Gasteiger partial charge in [0.25, 0.3) is 0 Å². The number of carbonyl (C=O) groups excluding carboxylic acids is 1. The number of aldehydes is 1. The number of rotatable bonds is 14. The summed E-state index contributed by atoms with van der Waals surface area (Å²) in [5, 5.41) is 32.3. The first-order valence-electron chi connectivity index (χ1n) is 19.8. The second-order valence-electron chi connectivity index (χ2n) is 13.3. The Labute approximate surface area is 364 Å². The molecule has 0 bridgehead atoms. The van der Waals surface area contributed by atoms with Crippen molar-refractivity contribution >= 4 is 39.8 Å². The number of halogens is 3. The van der Waals surface area contributed by atoms with Crippen LogP contribution in [0.25, 0.3) is 33.4 Å². The molecule has 0 aliphatic rings. The fourth-order valence-corrected chi connectivity index (χ4v) is 6.42. The molecule has 1 aromatic heterocycles. The molecule has 0 fully saturated rings. The first kappa shape index (κ1) is 47.2. The van der Waals surface area contributed by atoms with E-state index in [1.807, 2.05) is 78.9 Å². The molecule has 7 aromatic rings. The first-order chi connectivity index (χ1) is 30.2. The summed E-state index contributed by atoms with van der Waals surface area (Å²) in [6.45, 7) is 1.57. The van der Waals surface area contributed by atoms with Crippen LogP contribution in [0.5, 0.6) is 0 Å². The van der Waals surface area contributed by atoms with Gasteiger partial charge in [0.2, 0.25) is 5.13 Å². The Morgan fingerprint density at radius 1 is 0.565 bits per heavy atom. The van der Waals surface area contributed by atoms with Crippen LogP contribution < -0.4 is 22.1 Å². The summed E-state index contributed by atoms with van der Waals surface area (Å²) in [6, 6.07) is 46.7. The smallest absolute Gasteiger partial charge is 0.203 e. The van der Waals surface area contributed by atoms with Crippen LogP contribution in [0.1, 0.15) is 37.1 Å². The number of unbranched alkanes of at least 4 members (excludes halogenated alkanes) is 2. The van der Waals surface area contributed by atoms with Gasteiger partial charge in [0.05, 0.1) is 12.1 Å². The van der Waals surface area contributed by atoms with Crippen molar-refractivity contribution in [2.75, 3.05) is 35.2 Å². The van der Waals surface area contributed by atoms with Gasteiger partial charge in [-0.1, -0.05) is 102 Å². The van der Waals surface area contributed by atoms with Gasteiger partial charge < -0.3 is 26.9 Å². The third-order valence-corrected chi connectivity index (χ3v) is 9.61. The Kier molecular flexibility index (Phi) is 20.2. The van der Waals surface area contributed by atoms with Gasteiger partial charge in [-0.25, -0.2) is 13.2 Å². The Hall–Kier alpha value is -7.48. The minimum Gasteiger partial charge on any atom is -0.398 e. The molecule has 1 heterocycles. The van der Waals surface area contributed by atoms with E-state index in [4.69, 9.17) is 22.0 Å². The van der Waals surface area contributed by atoms with Gasteiger partial charge >= 0.3 is 0 Å². The van der Waals surface area contributed by atoms with Crippen LogP contribution in [0.15, 0.2) is 146 Å². The van der Waals surface area contributed by atoms with Crippen molar-refractivity contribution in [1.82, 2.24) is 10.2 Å². The predicted octanol–water partition coefficient (Wildman–Crippen LogP) is 11.7. The number of nitrogens with zero attached hydrogens (tertiary/aromatic N) is 4. The first-order valence-corrected chi connectivity index (χ1v) is 20.6. The number of carbonyl (C=O) groups is 1. The molecule has 13 heteroatoms. The number of benzene rings is 6. The van der Waals surface area contributed by atoms with E-state index in [-0.39, 0.29) is 17.5 Å². The van der Waals surface area contributed by atoms with Crippen LogP contribution in [0, 0.1) is 40.1 Å². The third kappa shape index (κ3) is 16.3. The van der Waals surface area contributed by atoms with Crippen LogP contribution in [0.2, 0.25) is 0 Å². The highest BCUT2D eigenvalue weighted by atomic mass is 32.1. The molecule has 62 heavy (non-hydrogen) atoms. The monoisotopic (exact) mass is 852 g/mol. The molecular weight excluding hydrogens is 806 g/mol. The van der Waals surface area contributed by atoms with Gasteiger partial charge in [-0.15, -0.1) is 10.2 Å². The van der Waals surface area contributed by atoms with Crippen molar-refractivity contribution in [2.45, 2.75) is 38.5 Å². The van der Waals surface area contributed by atoms with E-state index in [0.717, 1.165) is 88.4 Å². The van der Waals surface area contributed by atoms with Gasteiger partial charge in [0, 0.05) is 72.5 Å². The lowest BCUT2D eigenvalue weighted by Gasteiger charge is -2.12. The number of nitrogens with two attached hydrogens (primary N) is 2. The summed E-state index contributed by atoms with van der Waals surface area (Å²) in [6.07, 6.45) is 4.61. The van der Waals surface area contributed by atoms with Gasteiger partial charge in [-0.2, -0.15) is 10.5 Å². The maximum atomic E-state index is 13.1. The minimum atomic E-state index is -0.233. The molecule has 0 atom stereocenters. The van der Waals surface area contributed by atoms with Crippen LogP contribution >= 0.6 is 11.3 Å². The SMILES string of the molecule is N#CCCC=O.N#CCCCNc1ccccc1-c1ccc(F)cc1.Nc1ccccc1-c1ccc(F)cc1.Nc1nnc(CCCNc2ccccc2-c2ccc(F)cc2)s1. The molecule has 6 aromatic carbocycles. The zero-order valence-corrected chi connectivity index (χ0v) is 34.8. The van der Waals surface area contributed by atoms with Crippen LogP contribution in [0.3, 0.4) is 0 Å². The van der Waals surface area contributed by atoms with Crippen LogP contribution in [-0.4, -0.2) is 29.6 Å². The van der Waals surface area contributed by atoms with E-state index in [1.54, 1.807) is 36.4 Å². The average molecular weight is 853 g/mol. The average Bonchev–Trinajstić information content (AvgIpc) is 3.72. The number of nitrogens with one attached hydrogen (secondary N) is 2. The van der Waals surface area contributed by atoms with Crippen molar-refractivity contribution < 1.29 is 18.0 Å². The van der Waals surface area contributed by atoms with Crippen molar-refractivity contribution in [3.05, 3.63) is 168 Å². The maximum Gasteiger partial charge on any atom is 0.203 e. The summed E-state index contributed by atoms with van der Waals surface area (Å²) in [5.74, 6) is -0.693. The molecule has 0 aliphatic heterocycles. The lowest BCUT2D eigenvalue weighted by atomic mass is 10.0. The predicted molar refractivity (Wildman–Crippen MR) is 245 cm³/mol. The molecule has 316 valence electrons. The Balaban J connectivity index is 0.000000196.